The van der Waals surface area contributed by atoms with Gasteiger partial charge in [0.25, 0.3) is 0 Å². The first kappa shape index (κ1) is 26.4. The van der Waals surface area contributed by atoms with E-state index in [2.05, 4.69) is 40.9 Å². The number of aromatic nitrogens is 4. The van der Waals surface area contributed by atoms with E-state index >= 15 is 0 Å². The third-order valence-corrected chi connectivity index (χ3v) is 5.75. The van der Waals surface area contributed by atoms with Crippen LogP contribution in [0, 0.1) is 20.8 Å². The Hall–Kier alpha value is -3.19. The van der Waals surface area contributed by atoms with E-state index in [1.807, 2.05) is 26.8 Å². The van der Waals surface area contributed by atoms with Gasteiger partial charge in [-0.2, -0.15) is 24.9 Å². The summed E-state index contributed by atoms with van der Waals surface area (Å²) in [5.41, 5.74) is 3.28. The number of nitrogens with one attached hydrogen (secondary N) is 4. The van der Waals surface area contributed by atoms with Gasteiger partial charge in [-0.3, -0.25) is 10.3 Å². The fourth-order valence-electron chi connectivity index (χ4n) is 2.93. The smallest absolute Gasteiger partial charge is 0.348 e. The van der Waals surface area contributed by atoms with Crippen LogP contribution in [0.1, 0.15) is 28.3 Å². The van der Waals surface area contributed by atoms with Gasteiger partial charge in [-0.05, 0) is 63.3 Å². The molecular weight excluding hydrogens is 497 g/mol. The molecular formula is C22H25F3N8S2. The fourth-order valence-corrected chi connectivity index (χ4v) is 4.00. The summed E-state index contributed by atoms with van der Waals surface area (Å²) in [6.07, 6.45) is -2.73. The van der Waals surface area contributed by atoms with Crippen molar-refractivity contribution in [1.29, 1.82) is 0 Å². The van der Waals surface area contributed by atoms with Crippen molar-refractivity contribution in [3.8, 4) is 0 Å². The minimum Gasteiger partial charge on any atom is -0.348 e. The Morgan fingerprint density at radius 2 is 1.77 bits per heavy atom. The zero-order valence-corrected chi connectivity index (χ0v) is 21.0. The molecule has 0 saturated heterocycles. The molecule has 1 aromatic carbocycles. The molecule has 0 unspecified atom stereocenters. The topological polar surface area (TPSA) is 103 Å². The zero-order chi connectivity index (χ0) is 25.4. The van der Waals surface area contributed by atoms with E-state index < -0.39 is 11.7 Å². The number of nitrogens with zero attached hydrogens (tertiary/aromatic N) is 4. The molecule has 4 N–H and O–H groups in total. The number of thiocarbonyl (C=S) groups is 1. The van der Waals surface area contributed by atoms with Crippen LogP contribution < -0.4 is 16.0 Å². The molecule has 0 fully saturated rings. The van der Waals surface area contributed by atoms with Gasteiger partial charge in [-0.15, -0.1) is 0 Å². The summed E-state index contributed by atoms with van der Waals surface area (Å²) in [6, 6.07) is 6.43. The second-order valence-electron chi connectivity index (χ2n) is 7.51. The highest BCUT2D eigenvalue weighted by Crippen LogP contribution is 2.29. The number of rotatable bonds is 7. The molecule has 2 heterocycles. The molecule has 0 radical (unpaired) electrons. The summed E-state index contributed by atoms with van der Waals surface area (Å²) in [4.78, 5) is 20.6. The molecule has 0 atom stereocenters. The lowest BCUT2D eigenvalue weighted by atomic mass is 10.2. The third kappa shape index (κ3) is 8.51. The van der Waals surface area contributed by atoms with E-state index in [1.54, 1.807) is 18.1 Å². The van der Waals surface area contributed by atoms with Crippen molar-refractivity contribution in [3.63, 3.8) is 0 Å². The Bertz CT molecular complexity index is 1160. The van der Waals surface area contributed by atoms with Crippen molar-refractivity contribution in [2.24, 2.45) is 4.99 Å². The molecule has 0 amide bonds. The van der Waals surface area contributed by atoms with Gasteiger partial charge in [0.05, 0.1) is 24.1 Å². The van der Waals surface area contributed by atoms with Gasteiger partial charge >= 0.3 is 6.18 Å². The second-order valence-corrected chi connectivity index (χ2v) is 9.02. The molecule has 0 saturated carbocycles. The maximum absolute atomic E-state index is 12.8. The number of hydrogen-bond acceptors (Lipinski definition) is 6. The quantitative estimate of drug-likeness (QED) is 0.151. The van der Waals surface area contributed by atoms with Crippen molar-refractivity contribution in [2.45, 2.75) is 32.7 Å². The van der Waals surface area contributed by atoms with E-state index in [9.17, 15) is 13.2 Å². The summed E-state index contributed by atoms with van der Waals surface area (Å²) in [6.45, 7) is 6.15. The Morgan fingerprint density at radius 3 is 2.37 bits per heavy atom. The molecule has 8 nitrogen and oxygen atoms in total. The molecule has 0 bridgehead atoms. The maximum atomic E-state index is 12.8. The number of anilines is 2. The largest absolute Gasteiger partial charge is 0.416 e. The third-order valence-electron chi connectivity index (χ3n) is 4.59. The van der Waals surface area contributed by atoms with E-state index in [0.29, 0.717) is 24.1 Å². The lowest BCUT2D eigenvalue weighted by Crippen LogP contribution is -2.39. The predicted octanol–water partition coefficient (Wildman–Crippen LogP) is 4.83. The highest BCUT2D eigenvalue weighted by molar-refractivity contribution is 7.98. The number of H-pyrrole nitrogens is 1. The van der Waals surface area contributed by atoms with Gasteiger partial charge in [0.15, 0.2) is 5.11 Å². The van der Waals surface area contributed by atoms with Gasteiger partial charge in [0.1, 0.15) is 0 Å². The molecule has 2 aromatic heterocycles. The number of thioether (sulfide) groups is 1. The summed E-state index contributed by atoms with van der Waals surface area (Å²) in [5, 5.41) is 8.99. The number of imidazole rings is 1. The number of aryl methyl sites for hydroxylation is 3. The van der Waals surface area contributed by atoms with Crippen LogP contribution in [0.5, 0.6) is 0 Å². The number of guanidine groups is 1. The van der Waals surface area contributed by atoms with Crippen LogP contribution in [-0.4, -0.2) is 43.3 Å². The number of aliphatic imine (C=N–C) groups is 1. The highest BCUT2D eigenvalue weighted by Gasteiger charge is 2.29. The average molecular weight is 523 g/mol. The summed E-state index contributed by atoms with van der Waals surface area (Å²) < 4.78 is 38.4. The molecule has 186 valence electrons. The second kappa shape index (κ2) is 12.0. The predicted molar refractivity (Wildman–Crippen MR) is 138 cm³/mol. The van der Waals surface area contributed by atoms with Crippen LogP contribution in [0.4, 0.5) is 24.8 Å². The molecule has 0 aliphatic carbocycles. The zero-order valence-electron chi connectivity index (χ0n) is 19.3. The van der Waals surface area contributed by atoms with Crippen molar-refractivity contribution >= 4 is 46.7 Å². The maximum Gasteiger partial charge on any atom is 0.416 e. The number of benzene rings is 1. The minimum atomic E-state index is -4.40. The molecule has 0 aliphatic rings. The van der Waals surface area contributed by atoms with E-state index in [1.165, 1.54) is 12.1 Å². The Labute approximate surface area is 210 Å². The molecule has 0 aliphatic heterocycles. The van der Waals surface area contributed by atoms with Crippen LogP contribution >= 0.6 is 24.0 Å². The van der Waals surface area contributed by atoms with Crippen LogP contribution in [0.2, 0.25) is 0 Å². The number of aromatic amines is 1. The van der Waals surface area contributed by atoms with E-state index in [4.69, 9.17) is 12.2 Å². The summed E-state index contributed by atoms with van der Waals surface area (Å²) in [5.74, 6) is 2.16. The first-order valence-electron chi connectivity index (χ1n) is 10.6. The first-order chi connectivity index (χ1) is 16.6. The normalized spacial score (nSPS) is 11.9. The molecule has 0 spiro atoms. The van der Waals surface area contributed by atoms with Crippen LogP contribution in [0.15, 0.2) is 41.7 Å². The lowest BCUT2D eigenvalue weighted by molar-refractivity contribution is -0.137. The van der Waals surface area contributed by atoms with Gasteiger partial charge in [-0.25, -0.2) is 15.0 Å². The van der Waals surface area contributed by atoms with Gasteiger partial charge in [0.2, 0.25) is 11.9 Å². The van der Waals surface area contributed by atoms with E-state index in [0.717, 1.165) is 46.4 Å². The van der Waals surface area contributed by atoms with Crippen molar-refractivity contribution < 1.29 is 13.2 Å². The van der Waals surface area contributed by atoms with Crippen LogP contribution in [0.25, 0.3) is 0 Å². The van der Waals surface area contributed by atoms with Crippen molar-refractivity contribution in [1.82, 2.24) is 25.3 Å². The standard InChI is InChI=1S/C22H25F3N8S2/c1-13-10-14(2)30-20(29-13)32-19(26-8-9-35-11-18-15(3)27-12-28-18)33-21(34)31-17-6-4-16(5-7-17)22(23,24)25/h4-7,10,12H,8-9,11H2,1-3H3,(H,27,28)(H3,26,29,30,31,32,33,34). The Balaban J connectivity index is 1.63. The van der Waals surface area contributed by atoms with Crippen LogP contribution in [-0.2, 0) is 11.9 Å². The lowest BCUT2D eigenvalue weighted by Gasteiger charge is -2.15. The highest BCUT2D eigenvalue weighted by atomic mass is 32.2. The molecule has 3 rings (SSSR count). The minimum absolute atomic E-state index is 0.153. The SMILES string of the molecule is Cc1cc(C)nc(NC(=NCCSCc2nc[nH]c2C)NC(=S)Nc2ccc(C(F)(F)F)cc2)n1. The van der Waals surface area contributed by atoms with Crippen LogP contribution in [0.3, 0.4) is 0 Å². The molecule has 3 aromatic rings. The average Bonchev–Trinajstić information content (AvgIpc) is 3.17. The Morgan fingerprint density at radius 1 is 1.09 bits per heavy atom. The number of halogens is 3. The van der Waals surface area contributed by atoms with E-state index in [-0.39, 0.29) is 5.11 Å². The number of hydrogen-bond donors (Lipinski definition) is 4. The van der Waals surface area contributed by atoms with Gasteiger partial charge in [0, 0.05) is 34.3 Å². The molecule has 35 heavy (non-hydrogen) atoms. The van der Waals surface area contributed by atoms with Gasteiger partial charge < -0.3 is 15.6 Å². The van der Waals surface area contributed by atoms with Gasteiger partial charge in [-0.1, -0.05) is 0 Å². The summed E-state index contributed by atoms with van der Waals surface area (Å²) in [7, 11) is 0. The number of alkyl halides is 3. The Kier molecular flexibility index (Phi) is 9.04. The van der Waals surface area contributed by atoms with Crippen molar-refractivity contribution in [2.75, 3.05) is 22.9 Å². The summed E-state index contributed by atoms with van der Waals surface area (Å²) >= 11 is 7.02. The monoisotopic (exact) mass is 522 g/mol. The molecule has 13 heteroatoms. The first-order valence-corrected chi connectivity index (χ1v) is 12.1. The fraction of sp³-hybridized carbons (Fsp3) is 0.318. The van der Waals surface area contributed by atoms with Crippen molar-refractivity contribution in [3.05, 3.63) is 65.0 Å².